The maximum atomic E-state index is 14.4. The number of pyridine rings is 2. The second-order valence-corrected chi connectivity index (χ2v) is 9.72. The van der Waals surface area contributed by atoms with E-state index in [1.54, 1.807) is 0 Å². The van der Waals surface area contributed by atoms with Crippen LogP contribution in [0.3, 0.4) is 0 Å². The molecule has 2 fully saturated rings. The number of anilines is 1. The highest BCUT2D eigenvalue weighted by molar-refractivity contribution is 5.84. The van der Waals surface area contributed by atoms with E-state index >= 15 is 0 Å². The number of nitrogens with zero attached hydrogens (tertiary/aromatic N) is 5. The Morgan fingerprint density at radius 1 is 1.14 bits per heavy atom. The van der Waals surface area contributed by atoms with Crippen LogP contribution in [0, 0.1) is 5.82 Å². The van der Waals surface area contributed by atoms with Gasteiger partial charge in [0.1, 0.15) is 11.9 Å². The van der Waals surface area contributed by atoms with Crippen molar-refractivity contribution in [2.45, 2.75) is 63.3 Å². The summed E-state index contributed by atoms with van der Waals surface area (Å²) in [5.74, 6) is -0.906. The monoisotopic (exact) mass is 506 g/mol. The van der Waals surface area contributed by atoms with Crippen molar-refractivity contribution < 1.29 is 22.3 Å². The molecule has 3 aromatic heterocycles. The van der Waals surface area contributed by atoms with Crippen LogP contribution in [0.2, 0.25) is 0 Å². The second kappa shape index (κ2) is 9.84. The summed E-state index contributed by atoms with van der Waals surface area (Å²) >= 11 is 0. The first kappa shape index (κ1) is 24.7. The zero-order valence-corrected chi connectivity index (χ0v) is 20.4. The van der Waals surface area contributed by atoms with E-state index in [1.807, 2.05) is 19.2 Å². The molecular formula is C25H30F4N6O. The zero-order valence-electron chi connectivity index (χ0n) is 20.4. The molecule has 194 valence electrons. The van der Waals surface area contributed by atoms with Gasteiger partial charge < -0.3 is 15.0 Å². The molecule has 1 saturated carbocycles. The largest absolute Gasteiger partial charge is 0.472 e. The number of likely N-dealkylation sites (N-methyl/N-ethyl adjacent to an activating group) is 1. The summed E-state index contributed by atoms with van der Waals surface area (Å²) in [6, 6.07) is 2.77. The van der Waals surface area contributed by atoms with E-state index in [0.29, 0.717) is 37.7 Å². The van der Waals surface area contributed by atoms with Crippen LogP contribution in [0.1, 0.15) is 62.2 Å². The molecule has 1 saturated heterocycles. The third kappa shape index (κ3) is 4.85. The molecule has 0 amide bonds. The highest BCUT2D eigenvalue weighted by Crippen LogP contribution is 2.38. The number of nitrogens with one attached hydrogen (secondary N) is 1. The van der Waals surface area contributed by atoms with Crippen molar-refractivity contribution in [2.75, 3.05) is 32.0 Å². The summed E-state index contributed by atoms with van der Waals surface area (Å²) in [6.45, 7) is 4.77. The average molecular weight is 507 g/mol. The highest BCUT2D eigenvalue weighted by Gasteiger charge is 2.37. The maximum absolute atomic E-state index is 14.4. The summed E-state index contributed by atoms with van der Waals surface area (Å²) in [4.78, 5) is 10.6. The Hall–Kier alpha value is -2.95. The molecule has 36 heavy (non-hydrogen) atoms. The van der Waals surface area contributed by atoms with Gasteiger partial charge in [0.05, 0.1) is 22.8 Å². The molecule has 5 rings (SSSR count). The van der Waals surface area contributed by atoms with Crippen molar-refractivity contribution >= 4 is 16.7 Å². The molecule has 1 aliphatic carbocycles. The van der Waals surface area contributed by atoms with Crippen LogP contribution in [0.15, 0.2) is 24.5 Å². The van der Waals surface area contributed by atoms with Crippen molar-refractivity contribution in [3.8, 4) is 5.88 Å². The van der Waals surface area contributed by atoms with Gasteiger partial charge in [-0.1, -0.05) is 0 Å². The summed E-state index contributed by atoms with van der Waals surface area (Å²) in [7, 11) is 2.12. The van der Waals surface area contributed by atoms with E-state index in [0.717, 1.165) is 54.7 Å². The van der Waals surface area contributed by atoms with Crippen molar-refractivity contribution in [2.24, 2.45) is 0 Å². The Balaban J connectivity index is 1.35. The van der Waals surface area contributed by atoms with Gasteiger partial charge in [0.15, 0.2) is 5.82 Å². The number of likely N-dealkylation sites (tertiary alicyclic amines) is 1. The van der Waals surface area contributed by atoms with E-state index in [2.05, 4.69) is 31.9 Å². The lowest BCUT2D eigenvalue weighted by molar-refractivity contribution is -0.140. The lowest BCUT2D eigenvalue weighted by Crippen LogP contribution is -2.27. The number of hydrogen-bond acceptors (Lipinski definition) is 6. The summed E-state index contributed by atoms with van der Waals surface area (Å²) in [6.07, 6.45) is 1.24. The van der Waals surface area contributed by atoms with E-state index in [4.69, 9.17) is 9.84 Å². The van der Waals surface area contributed by atoms with Crippen molar-refractivity contribution in [3.05, 3.63) is 41.6 Å². The van der Waals surface area contributed by atoms with Gasteiger partial charge in [-0.2, -0.15) is 18.3 Å². The molecule has 2 aliphatic rings. The number of hydrogen-bond donors (Lipinski definition) is 1. The van der Waals surface area contributed by atoms with Crippen molar-refractivity contribution in [3.63, 3.8) is 0 Å². The Kier molecular flexibility index (Phi) is 6.76. The Morgan fingerprint density at radius 3 is 2.58 bits per heavy atom. The van der Waals surface area contributed by atoms with Crippen molar-refractivity contribution in [1.82, 2.24) is 24.6 Å². The summed E-state index contributed by atoms with van der Waals surface area (Å²) in [5, 5.41) is 9.40. The van der Waals surface area contributed by atoms with Gasteiger partial charge in [-0.25, -0.2) is 14.4 Å². The highest BCUT2D eigenvalue weighted by atomic mass is 19.4. The number of fused-ring (bicyclic) bond motifs is 1. The maximum Gasteiger partial charge on any atom is 0.419 e. The van der Waals surface area contributed by atoms with Gasteiger partial charge in [-0.3, -0.25) is 4.68 Å². The quantitative estimate of drug-likeness (QED) is 0.452. The van der Waals surface area contributed by atoms with Crippen LogP contribution >= 0.6 is 0 Å². The molecule has 1 aliphatic heterocycles. The first-order valence-corrected chi connectivity index (χ1v) is 12.4. The minimum atomic E-state index is -4.80. The van der Waals surface area contributed by atoms with Gasteiger partial charge in [-0.05, 0) is 58.7 Å². The Labute approximate surface area is 206 Å². The molecule has 0 radical (unpaired) electrons. The third-order valence-corrected chi connectivity index (χ3v) is 7.19. The molecule has 3 aromatic rings. The lowest BCUT2D eigenvalue weighted by Gasteiger charge is -2.29. The molecule has 0 spiro atoms. The SMILES string of the molecule is CCNc1cc2c(cn1)c(C1CCN(C)C1)nn2C1CCC(Oc2nccc(C(F)(F)F)c2F)CC1. The molecule has 1 atom stereocenters. The molecule has 11 heteroatoms. The number of halogens is 4. The van der Waals surface area contributed by atoms with Gasteiger partial charge in [0, 0.05) is 42.9 Å². The molecule has 7 nitrogen and oxygen atoms in total. The van der Waals surface area contributed by atoms with Crippen LogP contribution in [-0.4, -0.2) is 57.4 Å². The lowest BCUT2D eigenvalue weighted by atomic mass is 9.93. The number of aromatic nitrogens is 4. The van der Waals surface area contributed by atoms with E-state index in [-0.39, 0.29) is 6.04 Å². The van der Waals surface area contributed by atoms with E-state index < -0.39 is 29.5 Å². The van der Waals surface area contributed by atoms with Crippen LogP contribution in [-0.2, 0) is 6.18 Å². The standard InChI is InChI=1S/C25H30F4N6O/c1-3-30-21-12-20-18(13-32-21)23(15-9-11-34(2)14-15)33-35(20)16-4-6-17(7-5-16)36-24-22(26)19(8-10-31-24)25(27,28)29/h8,10,12-13,15-17H,3-7,9,11,14H2,1-2H3,(H,30,32). The minimum Gasteiger partial charge on any atom is -0.472 e. The average Bonchev–Trinajstić information content (AvgIpc) is 3.44. The van der Waals surface area contributed by atoms with Crippen LogP contribution in [0.4, 0.5) is 23.4 Å². The first-order valence-electron chi connectivity index (χ1n) is 12.4. The van der Waals surface area contributed by atoms with Crippen molar-refractivity contribution in [1.29, 1.82) is 0 Å². The van der Waals surface area contributed by atoms with Gasteiger partial charge in [0.2, 0.25) is 0 Å². The normalized spacial score (nSPS) is 23.3. The molecule has 0 bridgehead atoms. The molecule has 1 N–H and O–H groups in total. The van der Waals surface area contributed by atoms with Crippen LogP contribution in [0.5, 0.6) is 5.88 Å². The number of ether oxygens (including phenoxy) is 1. The summed E-state index contributed by atoms with van der Waals surface area (Å²) in [5.41, 5.74) is 0.735. The fraction of sp³-hybridized carbons (Fsp3) is 0.560. The fourth-order valence-corrected chi connectivity index (χ4v) is 5.36. The topological polar surface area (TPSA) is 68.1 Å². The number of rotatable bonds is 6. The predicted octanol–water partition coefficient (Wildman–Crippen LogP) is 5.40. The molecule has 1 unspecified atom stereocenters. The second-order valence-electron chi connectivity index (χ2n) is 9.72. The fourth-order valence-electron chi connectivity index (χ4n) is 5.36. The molecule has 4 heterocycles. The third-order valence-electron chi connectivity index (χ3n) is 7.19. The summed E-state index contributed by atoms with van der Waals surface area (Å²) < 4.78 is 61.2. The van der Waals surface area contributed by atoms with E-state index in [1.165, 1.54) is 0 Å². The van der Waals surface area contributed by atoms with Crippen LogP contribution in [0.25, 0.3) is 10.9 Å². The molecular weight excluding hydrogens is 476 g/mol. The first-order chi connectivity index (χ1) is 17.2. The smallest absolute Gasteiger partial charge is 0.419 e. The predicted molar refractivity (Wildman–Crippen MR) is 128 cm³/mol. The van der Waals surface area contributed by atoms with Gasteiger partial charge >= 0.3 is 6.18 Å². The van der Waals surface area contributed by atoms with Crippen LogP contribution < -0.4 is 10.1 Å². The minimum absolute atomic E-state index is 0.108. The zero-order chi connectivity index (χ0) is 25.4. The molecule has 0 aromatic carbocycles. The van der Waals surface area contributed by atoms with Gasteiger partial charge in [-0.15, -0.1) is 0 Å². The Bertz CT molecular complexity index is 1220. The van der Waals surface area contributed by atoms with Gasteiger partial charge in [0.25, 0.3) is 5.88 Å². The number of alkyl halides is 3. The Morgan fingerprint density at radius 2 is 1.92 bits per heavy atom. The van der Waals surface area contributed by atoms with E-state index in [9.17, 15) is 17.6 Å².